The number of rotatable bonds is 7. The Morgan fingerprint density at radius 2 is 1.29 bits per heavy atom. The summed E-state index contributed by atoms with van der Waals surface area (Å²) >= 11 is 0. The highest BCUT2D eigenvalue weighted by molar-refractivity contribution is 6.67. The van der Waals surface area contributed by atoms with Gasteiger partial charge in [0.2, 0.25) is 0 Å². The van der Waals surface area contributed by atoms with Gasteiger partial charge in [0.15, 0.2) is 0 Å². The van der Waals surface area contributed by atoms with Crippen LogP contribution < -0.4 is 0 Å². The molecule has 0 bridgehead atoms. The topological polar surface area (TPSA) is 95.8 Å². The van der Waals surface area contributed by atoms with E-state index in [4.69, 9.17) is 9.37 Å². The third-order valence-corrected chi connectivity index (χ3v) is 5.67. The monoisotopic (exact) mass is 246 g/mol. The van der Waals surface area contributed by atoms with Crippen molar-refractivity contribution >= 4 is 18.1 Å². The van der Waals surface area contributed by atoms with E-state index in [9.17, 15) is 4.80 Å². The van der Waals surface area contributed by atoms with Gasteiger partial charge < -0.3 is 26.6 Å². The maximum absolute atomic E-state index is 9.51. The summed E-state index contributed by atoms with van der Waals surface area (Å²) in [5, 5.41) is 8.52. The molecule has 0 aromatic carbocycles. The first-order valence-corrected chi connectivity index (χ1v) is 6.77. The molecule has 2 N–H and O–H groups in total. The highest BCUT2D eigenvalue weighted by Crippen LogP contribution is 2.15. The minimum atomic E-state index is -3.87. The Balaban J connectivity index is 4.56. The van der Waals surface area contributed by atoms with Crippen molar-refractivity contribution in [1.82, 2.24) is 0 Å². The zero-order valence-electron chi connectivity index (χ0n) is 8.34. The Hall–Kier alpha value is 0.114. The summed E-state index contributed by atoms with van der Waals surface area (Å²) < 4.78 is 27.3. The largest absolute Gasteiger partial charge is 0.701 e. The van der Waals surface area contributed by atoms with Crippen molar-refractivity contribution in [3.8, 4) is 0 Å². The minimum Gasteiger partial charge on any atom is -0.368 e. The quantitative estimate of drug-likeness (QED) is 0.333. The van der Waals surface area contributed by atoms with Gasteiger partial charge in [-0.05, 0) is 0 Å². The van der Waals surface area contributed by atoms with E-state index in [2.05, 4.69) is 22.3 Å². The Morgan fingerprint density at radius 3 is 1.50 bits per heavy atom. The molecule has 8 nitrogen and oxygen atoms in total. The number of hydrogen-bond acceptors (Lipinski definition) is 8. The maximum Gasteiger partial charge on any atom is 0.701 e. The molecule has 86 valence electrons. The molecule has 0 atom stereocenters. The third-order valence-electron chi connectivity index (χ3n) is 1.38. The zero-order valence-corrected chi connectivity index (χ0v) is 10.3. The lowest BCUT2D eigenvalue weighted by molar-refractivity contribution is -0.220. The van der Waals surface area contributed by atoms with Crippen LogP contribution in [0.25, 0.3) is 0 Å². The van der Waals surface area contributed by atoms with Crippen molar-refractivity contribution < 1.29 is 36.4 Å². The van der Waals surface area contributed by atoms with E-state index in [-0.39, 0.29) is 0 Å². The van der Waals surface area contributed by atoms with Gasteiger partial charge in [0.05, 0.1) is 0 Å². The predicted octanol–water partition coefficient (Wildman–Crippen LogP) is -1.06. The molecule has 0 amide bonds. The molecule has 0 aliphatic rings. The summed E-state index contributed by atoms with van der Waals surface area (Å²) in [5.41, 5.74) is 0. The van der Waals surface area contributed by atoms with Crippen LogP contribution in [0.15, 0.2) is 0 Å². The second kappa shape index (κ2) is 5.87. The van der Waals surface area contributed by atoms with Gasteiger partial charge in [-0.2, -0.15) is 4.58 Å². The van der Waals surface area contributed by atoms with E-state index in [0.717, 1.165) is 0 Å². The molecule has 0 aliphatic heterocycles. The molecule has 0 aromatic rings. The zero-order chi connectivity index (χ0) is 11.2. The van der Waals surface area contributed by atoms with Gasteiger partial charge in [-0.25, -0.2) is 0 Å². The molecule has 0 heterocycles. The van der Waals surface area contributed by atoms with Gasteiger partial charge in [0.1, 0.15) is 0 Å². The van der Waals surface area contributed by atoms with E-state index in [0.29, 0.717) is 0 Å². The Bertz CT molecular complexity index is 149. The first-order valence-electron chi connectivity index (χ1n) is 3.47. The van der Waals surface area contributed by atoms with Crippen LogP contribution in [0.1, 0.15) is 0 Å². The fourth-order valence-electron chi connectivity index (χ4n) is 0.584. The molecule has 14 heavy (non-hydrogen) atoms. The van der Waals surface area contributed by atoms with Gasteiger partial charge >= 0.3 is 18.1 Å². The van der Waals surface area contributed by atoms with Gasteiger partial charge in [0, 0.05) is 28.4 Å². The van der Waals surface area contributed by atoms with Crippen LogP contribution in [0.3, 0.4) is 0 Å². The van der Waals surface area contributed by atoms with Crippen molar-refractivity contribution in [1.29, 1.82) is 0 Å². The Morgan fingerprint density at radius 1 is 0.857 bits per heavy atom. The van der Waals surface area contributed by atoms with Crippen LogP contribution >= 0.6 is 0 Å². The summed E-state index contributed by atoms with van der Waals surface area (Å²) in [6.07, 6.45) is 0. The van der Waals surface area contributed by atoms with Crippen molar-refractivity contribution in [2.45, 2.75) is 0 Å². The van der Waals surface area contributed by atoms with Crippen LogP contribution in [0, 0.1) is 0 Å². The van der Waals surface area contributed by atoms with Gasteiger partial charge in [-0.1, -0.05) is 0 Å². The van der Waals surface area contributed by atoms with Crippen molar-refractivity contribution in [2.75, 3.05) is 28.4 Å². The van der Waals surface area contributed by atoms with Crippen molar-refractivity contribution in [3.05, 3.63) is 0 Å². The predicted molar refractivity (Wildman–Crippen MR) is 46.6 cm³/mol. The lowest BCUT2D eigenvalue weighted by Crippen LogP contribution is -2.59. The van der Waals surface area contributed by atoms with Crippen LogP contribution in [-0.4, -0.2) is 56.6 Å². The summed E-state index contributed by atoms with van der Waals surface area (Å²) in [6.45, 7) is 0. The second-order valence-electron chi connectivity index (χ2n) is 2.03. The first-order chi connectivity index (χ1) is 6.51. The van der Waals surface area contributed by atoms with Crippen LogP contribution in [0.5, 0.6) is 0 Å². The first kappa shape index (κ1) is 14.1. The summed E-state index contributed by atoms with van der Waals surface area (Å²) in [4.78, 5) is 9.51. The maximum atomic E-state index is 9.51. The second-order valence-corrected chi connectivity index (χ2v) is 6.71. The Labute approximate surface area is 83.8 Å². The molecular formula is C4H14O8Si2. The summed E-state index contributed by atoms with van der Waals surface area (Å²) in [7, 11) is -2.92. The molecule has 0 radical (unpaired) electrons. The van der Waals surface area contributed by atoms with Gasteiger partial charge in [-0.15, -0.1) is 0 Å². The molecule has 0 aromatic heterocycles. The number of hydrogen-bond donors (Lipinski definition) is 2. The van der Waals surface area contributed by atoms with E-state index in [1.807, 2.05) is 0 Å². The van der Waals surface area contributed by atoms with Crippen LogP contribution in [-0.2, 0) is 26.4 Å². The fourth-order valence-corrected chi connectivity index (χ4v) is 3.81. The van der Waals surface area contributed by atoms with E-state index >= 15 is 0 Å². The molecule has 0 rings (SSSR count). The molecule has 0 spiro atoms. The normalized spacial score (nSPS) is 13.3. The highest BCUT2D eigenvalue weighted by Gasteiger charge is 2.56. The lowest BCUT2D eigenvalue weighted by Gasteiger charge is -2.27. The summed E-state index contributed by atoms with van der Waals surface area (Å²) in [6, 6.07) is 0. The third kappa shape index (κ3) is 3.36. The van der Waals surface area contributed by atoms with Gasteiger partial charge in [0.25, 0.3) is 0 Å². The van der Waals surface area contributed by atoms with Gasteiger partial charge in [-0.3, -0.25) is 5.26 Å². The smallest absolute Gasteiger partial charge is 0.368 e. The molecule has 0 saturated carbocycles. The van der Waals surface area contributed by atoms with E-state index in [1.54, 1.807) is 0 Å². The molecule has 0 unspecified atom stereocenters. The lowest BCUT2D eigenvalue weighted by atomic mass is 11.8. The molecule has 0 fully saturated rings. The van der Waals surface area contributed by atoms with Crippen molar-refractivity contribution in [3.63, 3.8) is 0 Å². The Kier molecular flexibility index (Phi) is 5.91. The average molecular weight is 246 g/mol. The van der Waals surface area contributed by atoms with E-state index < -0.39 is 18.1 Å². The molecular weight excluding hydrogens is 232 g/mol. The average Bonchev–Trinajstić information content (AvgIpc) is 2.26. The van der Waals surface area contributed by atoms with Crippen molar-refractivity contribution in [2.24, 2.45) is 0 Å². The van der Waals surface area contributed by atoms with E-state index in [1.165, 1.54) is 28.4 Å². The SMILES string of the molecule is CO[Si](O)(OC)O[Si](OC)(OC)OO. The molecule has 0 aliphatic carbocycles. The standard InChI is InChI=1S/C4H14O8Si2/c1-7-13(6,8-2)12-14(9-3,10-4)11-5/h5-6H,1-4H3. The highest BCUT2D eigenvalue weighted by atomic mass is 28.5. The molecule has 10 heteroatoms. The van der Waals surface area contributed by atoms with Crippen LogP contribution in [0.4, 0.5) is 0 Å². The fraction of sp³-hybridized carbons (Fsp3) is 1.00. The molecule has 0 saturated heterocycles. The van der Waals surface area contributed by atoms with Crippen LogP contribution in [0.2, 0.25) is 0 Å². The summed E-state index contributed by atoms with van der Waals surface area (Å²) in [5.74, 6) is 0. The minimum absolute atomic E-state index is 1.18.